The van der Waals surface area contributed by atoms with Crippen molar-refractivity contribution in [3.63, 3.8) is 0 Å². The first-order valence-electron chi connectivity index (χ1n) is 9.26. The van der Waals surface area contributed by atoms with Gasteiger partial charge in [0.25, 0.3) is 5.91 Å². The molecule has 2 atom stereocenters. The van der Waals surface area contributed by atoms with E-state index in [0.29, 0.717) is 6.54 Å². The molecule has 1 aliphatic rings. The Morgan fingerprint density at radius 3 is 2.55 bits per heavy atom. The molecule has 0 radical (unpaired) electrons. The van der Waals surface area contributed by atoms with Gasteiger partial charge in [0, 0.05) is 19.5 Å². The van der Waals surface area contributed by atoms with Gasteiger partial charge >= 0.3 is 0 Å². The first kappa shape index (κ1) is 18.7. The smallest absolute Gasteiger partial charge is 0.275 e. The highest BCUT2D eigenvalue weighted by atomic mass is 16.5. The van der Waals surface area contributed by atoms with Crippen LogP contribution in [0.4, 0.5) is 0 Å². The lowest BCUT2D eigenvalue weighted by molar-refractivity contribution is 0.0686. The van der Waals surface area contributed by atoms with Crippen molar-refractivity contribution in [3.05, 3.63) is 87.8 Å². The molecule has 0 spiro atoms. The molecule has 2 aromatic carbocycles. The molecule has 3 aromatic rings. The van der Waals surface area contributed by atoms with Gasteiger partial charge in [0.1, 0.15) is 5.75 Å². The summed E-state index contributed by atoms with van der Waals surface area (Å²) in [6.45, 7) is 0.373. The fraction of sp³-hybridized carbons (Fsp3) is 0.227. The Morgan fingerprint density at radius 2 is 1.83 bits per heavy atom. The molecule has 148 valence electrons. The normalized spacial score (nSPS) is 17.0. The molecule has 2 heterocycles. The van der Waals surface area contributed by atoms with Crippen LogP contribution in [-0.2, 0) is 0 Å². The molecule has 0 aliphatic carbocycles. The summed E-state index contributed by atoms with van der Waals surface area (Å²) in [4.78, 5) is 26.1. The monoisotopic (exact) mass is 391 g/mol. The molecule has 0 saturated heterocycles. The molecule has 0 bridgehead atoms. The summed E-state index contributed by atoms with van der Waals surface area (Å²) in [6.07, 6.45) is 1.05. The summed E-state index contributed by atoms with van der Waals surface area (Å²) in [5, 5.41) is 14.5. The van der Waals surface area contributed by atoms with Gasteiger partial charge in [-0.15, -0.1) is 0 Å². The summed E-state index contributed by atoms with van der Waals surface area (Å²) < 4.78 is 6.88. The largest absolute Gasteiger partial charge is 0.502 e. The Bertz CT molecular complexity index is 1110. The van der Waals surface area contributed by atoms with Crippen molar-refractivity contribution in [3.8, 4) is 11.5 Å². The minimum atomic E-state index is -0.670. The minimum absolute atomic E-state index is 0.0833. The molecule has 29 heavy (non-hydrogen) atoms. The van der Waals surface area contributed by atoms with Crippen molar-refractivity contribution in [2.24, 2.45) is 0 Å². The second-order valence-corrected chi connectivity index (χ2v) is 7.07. The number of hydrogen-bond acceptors (Lipinski definition) is 5. The number of aromatic nitrogens is 2. The van der Waals surface area contributed by atoms with E-state index >= 15 is 0 Å². The number of fused-ring (bicyclic) bond motifs is 1. The summed E-state index contributed by atoms with van der Waals surface area (Å²) in [5.74, 6) is -0.463. The predicted molar refractivity (Wildman–Crippen MR) is 107 cm³/mol. The highest BCUT2D eigenvalue weighted by molar-refractivity contribution is 5.95. The maximum atomic E-state index is 12.7. The van der Waals surface area contributed by atoms with Crippen LogP contribution in [0.1, 0.15) is 33.6 Å². The number of ether oxygens (including phenoxy) is 1. The van der Waals surface area contributed by atoms with Gasteiger partial charge in [0.05, 0.1) is 19.3 Å². The highest BCUT2D eigenvalue weighted by Crippen LogP contribution is 2.39. The van der Waals surface area contributed by atoms with Gasteiger partial charge in [0.2, 0.25) is 5.43 Å². The van der Waals surface area contributed by atoms with Crippen LogP contribution < -0.4 is 10.2 Å². The number of rotatable bonds is 4. The fourth-order valence-electron chi connectivity index (χ4n) is 3.91. The summed E-state index contributed by atoms with van der Waals surface area (Å²) in [6, 6.07) is 17.3. The molecular formula is C22H21N3O4. The second-order valence-electron chi connectivity index (χ2n) is 7.07. The number of hydrogen-bond donors (Lipinski definition) is 1. The van der Waals surface area contributed by atoms with Gasteiger partial charge in [-0.05, 0) is 23.3 Å². The Hall–Kier alpha value is -3.61. The molecule has 1 aromatic heterocycles. The zero-order valence-electron chi connectivity index (χ0n) is 16.1. The Kier molecular flexibility index (Phi) is 4.80. The number of nitrogens with zero attached hydrogens (tertiary/aromatic N) is 3. The molecular weight excluding hydrogens is 370 g/mol. The van der Waals surface area contributed by atoms with Crippen LogP contribution in [0.25, 0.3) is 0 Å². The van der Waals surface area contributed by atoms with Gasteiger partial charge in [-0.3, -0.25) is 14.3 Å². The summed E-state index contributed by atoms with van der Waals surface area (Å²) in [7, 11) is 3.27. The first-order chi connectivity index (χ1) is 14.0. The van der Waals surface area contributed by atoms with Crippen molar-refractivity contribution >= 4 is 5.91 Å². The van der Waals surface area contributed by atoms with E-state index in [1.807, 2.05) is 54.6 Å². The molecule has 7 heteroatoms. The van der Waals surface area contributed by atoms with E-state index in [0.717, 1.165) is 23.1 Å². The number of carbonyl (C=O) groups is 1. The SMILES string of the molecule is COc1cccc(C(c2ccccc2)C2CN(C)C(=O)c3c(O)c(=O)cnn32)c1. The second kappa shape index (κ2) is 7.43. The number of aromatic hydroxyl groups is 1. The van der Waals surface area contributed by atoms with Gasteiger partial charge in [-0.1, -0.05) is 42.5 Å². The standard InChI is InChI=1S/C22H21N3O4/c1-24-13-17(25-20(22(24)28)21(27)18(26)12-23-25)19(14-7-4-3-5-8-14)15-9-6-10-16(11-15)29-2/h3-12,17,19,27H,13H2,1-2H3. The van der Waals surface area contributed by atoms with Crippen molar-refractivity contribution in [2.45, 2.75) is 12.0 Å². The van der Waals surface area contributed by atoms with E-state index in [2.05, 4.69) is 5.10 Å². The number of methoxy groups -OCH3 is 1. The highest BCUT2D eigenvalue weighted by Gasteiger charge is 2.38. The van der Waals surface area contributed by atoms with Crippen LogP contribution in [0.5, 0.6) is 11.5 Å². The lowest BCUT2D eigenvalue weighted by atomic mass is 9.83. The van der Waals surface area contributed by atoms with Crippen LogP contribution in [0.2, 0.25) is 0 Å². The number of amides is 1. The maximum Gasteiger partial charge on any atom is 0.275 e. The van der Waals surface area contributed by atoms with Crippen LogP contribution in [0, 0.1) is 0 Å². The van der Waals surface area contributed by atoms with Gasteiger partial charge in [-0.2, -0.15) is 5.10 Å². The molecule has 0 fully saturated rings. The Balaban J connectivity index is 1.94. The third kappa shape index (κ3) is 3.24. The molecule has 4 rings (SSSR count). The lowest BCUT2D eigenvalue weighted by Gasteiger charge is -2.37. The van der Waals surface area contributed by atoms with E-state index in [1.54, 1.807) is 14.2 Å². The van der Waals surface area contributed by atoms with Gasteiger partial charge in [0.15, 0.2) is 11.4 Å². The van der Waals surface area contributed by atoms with E-state index in [4.69, 9.17) is 4.74 Å². The molecule has 2 unspecified atom stereocenters. The molecule has 0 saturated carbocycles. The van der Waals surface area contributed by atoms with Crippen LogP contribution >= 0.6 is 0 Å². The molecule has 7 nitrogen and oxygen atoms in total. The van der Waals surface area contributed by atoms with Crippen molar-refractivity contribution in [1.29, 1.82) is 0 Å². The average Bonchev–Trinajstić information content (AvgIpc) is 2.75. The van der Waals surface area contributed by atoms with Crippen molar-refractivity contribution in [1.82, 2.24) is 14.7 Å². The fourth-order valence-corrected chi connectivity index (χ4v) is 3.91. The Morgan fingerprint density at radius 1 is 1.10 bits per heavy atom. The summed E-state index contributed by atoms with van der Waals surface area (Å²) >= 11 is 0. The maximum absolute atomic E-state index is 12.7. The zero-order chi connectivity index (χ0) is 20.5. The Labute approximate surface area is 167 Å². The lowest BCUT2D eigenvalue weighted by Crippen LogP contribution is -2.45. The summed E-state index contributed by atoms with van der Waals surface area (Å²) in [5.41, 5.74) is 1.25. The number of carbonyl (C=O) groups excluding carboxylic acids is 1. The number of likely N-dealkylation sites (N-methyl/N-ethyl adjacent to an activating group) is 1. The van der Waals surface area contributed by atoms with E-state index < -0.39 is 17.1 Å². The predicted octanol–water partition coefficient (Wildman–Crippen LogP) is 2.42. The molecule has 1 N–H and O–H groups in total. The first-order valence-corrected chi connectivity index (χ1v) is 9.26. The molecule has 1 amide bonds. The topological polar surface area (TPSA) is 84.7 Å². The van der Waals surface area contributed by atoms with Gasteiger partial charge in [-0.25, -0.2) is 0 Å². The average molecular weight is 391 g/mol. The third-order valence-corrected chi connectivity index (χ3v) is 5.31. The minimum Gasteiger partial charge on any atom is -0.502 e. The van der Waals surface area contributed by atoms with Crippen LogP contribution in [0.15, 0.2) is 65.6 Å². The van der Waals surface area contributed by atoms with Gasteiger partial charge < -0.3 is 14.7 Å². The van der Waals surface area contributed by atoms with E-state index in [9.17, 15) is 14.7 Å². The van der Waals surface area contributed by atoms with Crippen molar-refractivity contribution < 1.29 is 14.6 Å². The van der Waals surface area contributed by atoms with Crippen molar-refractivity contribution in [2.75, 3.05) is 20.7 Å². The zero-order valence-corrected chi connectivity index (χ0v) is 16.1. The van der Waals surface area contributed by atoms with E-state index in [1.165, 1.54) is 9.58 Å². The van der Waals surface area contributed by atoms with Crippen LogP contribution in [-0.4, -0.2) is 46.4 Å². The third-order valence-electron chi connectivity index (χ3n) is 5.31. The number of benzene rings is 2. The quantitative estimate of drug-likeness (QED) is 0.738. The molecule has 1 aliphatic heterocycles. The van der Waals surface area contributed by atoms with Crippen LogP contribution in [0.3, 0.4) is 0 Å². The van der Waals surface area contributed by atoms with E-state index in [-0.39, 0.29) is 17.7 Å².